The van der Waals surface area contributed by atoms with Gasteiger partial charge in [0, 0.05) is 5.69 Å². The number of hydrogen-bond donors (Lipinski definition) is 2. The molecule has 20 heavy (non-hydrogen) atoms. The lowest BCUT2D eigenvalue weighted by Crippen LogP contribution is -2.09. The van der Waals surface area contributed by atoms with E-state index in [9.17, 15) is 8.42 Å². The summed E-state index contributed by atoms with van der Waals surface area (Å²) >= 11 is 0. The van der Waals surface area contributed by atoms with Gasteiger partial charge in [-0.1, -0.05) is 19.1 Å². The lowest BCUT2D eigenvalue weighted by Gasteiger charge is -2.08. The molecule has 106 valence electrons. The highest BCUT2D eigenvalue weighted by molar-refractivity contribution is 7.92. The van der Waals surface area contributed by atoms with Crippen molar-refractivity contribution >= 4 is 27.2 Å². The second-order valence-electron chi connectivity index (χ2n) is 4.48. The monoisotopic (exact) mass is 291 g/mol. The molecule has 2 N–H and O–H groups in total. The topological polar surface area (TPSA) is 71.1 Å². The van der Waals surface area contributed by atoms with Gasteiger partial charge in [0.05, 0.1) is 18.1 Å². The van der Waals surface area contributed by atoms with Crippen LogP contribution in [-0.2, 0) is 16.4 Å². The number of nitrogens with one attached hydrogen (secondary N) is 2. The van der Waals surface area contributed by atoms with Crippen molar-refractivity contribution in [3.8, 4) is 0 Å². The summed E-state index contributed by atoms with van der Waals surface area (Å²) in [5.41, 5.74) is 2.66. The minimum Gasteiger partial charge on any atom is -0.340 e. The molecule has 0 aliphatic heterocycles. The summed E-state index contributed by atoms with van der Waals surface area (Å²) in [6, 6.07) is 11.5. The fourth-order valence-corrected chi connectivity index (χ4v) is 2.26. The van der Waals surface area contributed by atoms with Crippen LogP contribution in [-0.4, -0.2) is 19.7 Å². The van der Waals surface area contributed by atoms with Crippen LogP contribution in [0.25, 0.3) is 0 Å². The molecule has 1 heterocycles. The predicted molar refractivity (Wildman–Crippen MR) is 81.8 cm³/mol. The van der Waals surface area contributed by atoms with E-state index >= 15 is 0 Å². The quantitative estimate of drug-likeness (QED) is 0.888. The Kier molecular flexibility index (Phi) is 4.24. The Morgan fingerprint density at radius 2 is 1.70 bits per heavy atom. The number of pyridine rings is 1. The molecule has 0 aliphatic rings. The molecule has 0 amide bonds. The number of anilines is 3. The summed E-state index contributed by atoms with van der Waals surface area (Å²) < 4.78 is 24.5. The van der Waals surface area contributed by atoms with E-state index in [0.717, 1.165) is 18.4 Å². The van der Waals surface area contributed by atoms with E-state index in [1.165, 1.54) is 11.8 Å². The largest absolute Gasteiger partial charge is 0.340 e. The average molecular weight is 291 g/mol. The van der Waals surface area contributed by atoms with Crippen molar-refractivity contribution < 1.29 is 8.42 Å². The average Bonchev–Trinajstić information content (AvgIpc) is 2.40. The molecule has 0 saturated carbocycles. The Balaban J connectivity index is 2.06. The lowest BCUT2D eigenvalue weighted by molar-refractivity contribution is 0.607. The smallest absolute Gasteiger partial charge is 0.229 e. The molecular weight excluding hydrogens is 274 g/mol. The number of sulfonamides is 1. The van der Waals surface area contributed by atoms with Crippen LogP contribution in [0.5, 0.6) is 0 Å². The van der Waals surface area contributed by atoms with Crippen LogP contribution < -0.4 is 10.0 Å². The van der Waals surface area contributed by atoms with Crippen molar-refractivity contribution in [2.75, 3.05) is 16.3 Å². The van der Waals surface area contributed by atoms with Gasteiger partial charge in [0.15, 0.2) is 0 Å². The Morgan fingerprint density at radius 3 is 2.20 bits per heavy atom. The van der Waals surface area contributed by atoms with Gasteiger partial charge in [-0.3, -0.25) is 4.72 Å². The molecule has 0 aliphatic carbocycles. The van der Waals surface area contributed by atoms with E-state index in [2.05, 4.69) is 34.1 Å². The number of hydrogen-bond acceptors (Lipinski definition) is 4. The Hall–Kier alpha value is -2.08. The van der Waals surface area contributed by atoms with Crippen LogP contribution in [0.2, 0.25) is 0 Å². The molecular formula is C14H17N3O2S. The molecule has 2 rings (SSSR count). The molecule has 0 atom stereocenters. The summed E-state index contributed by atoms with van der Waals surface area (Å²) in [5.74, 6) is 0.660. The zero-order valence-electron chi connectivity index (χ0n) is 11.4. The van der Waals surface area contributed by atoms with Crippen LogP contribution in [0, 0.1) is 0 Å². The number of rotatable bonds is 5. The highest BCUT2D eigenvalue weighted by Gasteiger charge is 2.02. The highest BCUT2D eigenvalue weighted by Crippen LogP contribution is 2.17. The van der Waals surface area contributed by atoms with Crippen LogP contribution in [0.4, 0.5) is 17.2 Å². The van der Waals surface area contributed by atoms with E-state index in [0.29, 0.717) is 11.5 Å². The summed E-state index contributed by atoms with van der Waals surface area (Å²) in [6.07, 6.45) is 3.59. The van der Waals surface area contributed by atoms with Crippen LogP contribution in [0.15, 0.2) is 42.6 Å². The molecule has 0 fully saturated rings. The Morgan fingerprint density at radius 1 is 1.05 bits per heavy atom. The molecule has 0 radical (unpaired) electrons. The van der Waals surface area contributed by atoms with Gasteiger partial charge in [-0.25, -0.2) is 13.4 Å². The Labute approximate surface area is 119 Å². The SMILES string of the molecule is CCc1ccc(Nc2ccc(NS(C)(=O)=O)cn2)cc1. The van der Waals surface area contributed by atoms with Crippen LogP contribution in [0.1, 0.15) is 12.5 Å². The van der Waals surface area contributed by atoms with Gasteiger partial charge < -0.3 is 5.32 Å². The van der Waals surface area contributed by atoms with Crippen molar-refractivity contribution in [1.29, 1.82) is 0 Å². The molecule has 0 unspecified atom stereocenters. The predicted octanol–water partition coefficient (Wildman–Crippen LogP) is 2.76. The first kappa shape index (κ1) is 14.3. The van der Waals surface area contributed by atoms with Crippen molar-refractivity contribution in [2.24, 2.45) is 0 Å². The van der Waals surface area contributed by atoms with Crippen molar-refractivity contribution in [3.63, 3.8) is 0 Å². The van der Waals surface area contributed by atoms with Gasteiger partial charge >= 0.3 is 0 Å². The second-order valence-corrected chi connectivity index (χ2v) is 6.23. The van der Waals surface area contributed by atoms with E-state index < -0.39 is 10.0 Å². The second kappa shape index (κ2) is 5.92. The maximum atomic E-state index is 11.1. The first-order valence-electron chi connectivity index (χ1n) is 6.26. The number of aryl methyl sites for hydroxylation is 1. The third-order valence-corrected chi connectivity index (χ3v) is 3.31. The number of nitrogens with zero attached hydrogens (tertiary/aromatic N) is 1. The van der Waals surface area contributed by atoms with E-state index in [4.69, 9.17) is 0 Å². The third kappa shape index (κ3) is 4.24. The zero-order valence-corrected chi connectivity index (χ0v) is 12.2. The molecule has 2 aromatic rings. The lowest BCUT2D eigenvalue weighted by atomic mass is 10.1. The molecule has 1 aromatic heterocycles. The zero-order chi connectivity index (χ0) is 14.6. The number of aromatic nitrogens is 1. The minimum absolute atomic E-state index is 0.444. The molecule has 0 spiro atoms. The van der Waals surface area contributed by atoms with Crippen molar-refractivity contribution in [2.45, 2.75) is 13.3 Å². The molecule has 1 aromatic carbocycles. The maximum Gasteiger partial charge on any atom is 0.229 e. The van der Waals surface area contributed by atoms with Gasteiger partial charge in [0.2, 0.25) is 10.0 Å². The summed E-state index contributed by atoms with van der Waals surface area (Å²) in [4.78, 5) is 4.16. The van der Waals surface area contributed by atoms with Gasteiger partial charge in [0.1, 0.15) is 5.82 Å². The van der Waals surface area contributed by atoms with E-state index in [1.807, 2.05) is 12.1 Å². The first-order valence-corrected chi connectivity index (χ1v) is 8.15. The normalized spacial score (nSPS) is 11.1. The molecule has 0 saturated heterocycles. The van der Waals surface area contributed by atoms with Gasteiger partial charge in [0.25, 0.3) is 0 Å². The third-order valence-electron chi connectivity index (χ3n) is 2.70. The maximum absolute atomic E-state index is 11.1. The van der Waals surface area contributed by atoms with E-state index in [1.54, 1.807) is 12.1 Å². The summed E-state index contributed by atoms with van der Waals surface area (Å²) in [6.45, 7) is 2.11. The molecule has 0 bridgehead atoms. The van der Waals surface area contributed by atoms with Crippen molar-refractivity contribution in [3.05, 3.63) is 48.2 Å². The first-order chi connectivity index (χ1) is 9.46. The highest BCUT2D eigenvalue weighted by atomic mass is 32.2. The summed E-state index contributed by atoms with van der Waals surface area (Å²) in [7, 11) is -3.27. The standard InChI is InChI=1S/C14H17N3O2S/c1-3-11-4-6-12(7-5-11)16-14-9-8-13(10-15-14)17-20(2,18)19/h4-10,17H,3H2,1-2H3,(H,15,16). The Bertz CT molecular complexity index is 665. The fraction of sp³-hybridized carbons (Fsp3) is 0.214. The van der Waals surface area contributed by atoms with Crippen LogP contribution >= 0.6 is 0 Å². The van der Waals surface area contributed by atoms with Gasteiger partial charge in [-0.05, 0) is 36.2 Å². The molecule has 6 heteroatoms. The van der Waals surface area contributed by atoms with Gasteiger partial charge in [-0.2, -0.15) is 0 Å². The van der Waals surface area contributed by atoms with Crippen molar-refractivity contribution in [1.82, 2.24) is 4.98 Å². The molecule has 5 nitrogen and oxygen atoms in total. The van der Waals surface area contributed by atoms with Gasteiger partial charge in [-0.15, -0.1) is 0 Å². The number of benzene rings is 1. The minimum atomic E-state index is -3.27. The van der Waals surface area contributed by atoms with Crippen LogP contribution in [0.3, 0.4) is 0 Å². The summed E-state index contributed by atoms with van der Waals surface area (Å²) in [5, 5.41) is 3.16. The van der Waals surface area contributed by atoms with E-state index in [-0.39, 0.29) is 0 Å². The fourth-order valence-electron chi connectivity index (χ4n) is 1.71.